The summed E-state index contributed by atoms with van der Waals surface area (Å²) < 4.78 is 14.1. The summed E-state index contributed by atoms with van der Waals surface area (Å²) in [5.74, 6) is 1.87. The van der Waals surface area contributed by atoms with Crippen LogP contribution in [0.3, 0.4) is 0 Å². The number of piperazine rings is 1. The first-order valence-corrected chi connectivity index (χ1v) is 12.3. The highest BCUT2D eigenvalue weighted by molar-refractivity contribution is 9.10. The number of nitrogens with zero attached hydrogens (tertiary/aromatic N) is 6. The van der Waals surface area contributed by atoms with Crippen molar-refractivity contribution in [1.29, 1.82) is 0 Å². The average molecular weight is 520 g/mol. The van der Waals surface area contributed by atoms with Gasteiger partial charge in [-0.05, 0) is 41.9 Å². The molecule has 4 heterocycles. The number of fused-ring (bicyclic) bond motifs is 2. The summed E-state index contributed by atoms with van der Waals surface area (Å²) >= 11 is 5.20. The van der Waals surface area contributed by atoms with E-state index in [0.29, 0.717) is 17.4 Å². The molecular weight excluding hydrogens is 494 g/mol. The molecule has 9 nitrogen and oxygen atoms in total. The maximum absolute atomic E-state index is 6.12. The number of hydrogen-bond donors (Lipinski definition) is 1. The van der Waals surface area contributed by atoms with Crippen molar-refractivity contribution in [2.45, 2.75) is 36.5 Å². The van der Waals surface area contributed by atoms with Gasteiger partial charge in [-0.3, -0.25) is 9.80 Å². The van der Waals surface area contributed by atoms with Gasteiger partial charge in [-0.15, -0.1) is 0 Å². The Bertz CT molecular complexity index is 1130. The van der Waals surface area contributed by atoms with Gasteiger partial charge in [-0.2, -0.15) is 0 Å². The molecule has 0 saturated carbocycles. The zero-order valence-electron chi connectivity index (χ0n) is 18.1. The van der Waals surface area contributed by atoms with Crippen LogP contribution in [-0.2, 0) is 6.54 Å². The first-order valence-electron chi connectivity index (χ1n) is 10.7. The number of rotatable bonds is 6. The minimum atomic E-state index is 0.241. The van der Waals surface area contributed by atoms with Crippen LogP contribution in [0.25, 0.3) is 11.2 Å². The van der Waals surface area contributed by atoms with Gasteiger partial charge in [-0.1, -0.05) is 11.8 Å². The van der Waals surface area contributed by atoms with E-state index in [9.17, 15) is 0 Å². The number of anilines is 1. The third-order valence-corrected chi connectivity index (χ3v) is 7.90. The van der Waals surface area contributed by atoms with Crippen LogP contribution in [0.2, 0.25) is 0 Å². The molecule has 0 amide bonds. The Kier molecular flexibility index (Phi) is 6.15. The van der Waals surface area contributed by atoms with Gasteiger partial charge in [0.25, 0.3) is 0 Å². The van der Waals surface area contributed by atoms with Crippen molar-refractivity contribution in [1.82, 2.24) is 29.3 Å². The van der Waals surface area contributed by atoms with Crippen LogP contribution in [0.5, 0.6) is 11.5 Å². The minimum absolute atomic E-state index is 0.241. The lowest BCUT2D eigenvalue weighted by atomic mass is 10.2. The van der Waals surface area contributed by atoms with Crippen LogP contribution in [0.4, 0.5) is 5.82 Å². The molecule has 0 atom stereocenters. The van der Waals surface area contributed by atoms with Crippen molar-refractivity contribution in [2.75, 3.05) is 45.3 Å². The number of halogens is 1. The molecular formula is C21H26BrN7O2S. The first-order chi connectivity index (χ1) is 15.5. The summed E-state index contributed by atoms with van der Waals surface area (Å²) in [6.45, 7) is 10.8. The highest BCUT2D eigenvalue weighted by atomic mass is 79.9. The predicted octanol–water partition coefficient (Wildman–Crippen LogP) is 3.08. The van der Waals surface area contributed by atoms with E-state index in [0.717, 1.165) is 70.9 Å². The van der Waals surface area contributed by atoms with Gasteiger partial charge in [-0.25, -0.2) is 15.0 Å². The maximum atomic E-state index is 6.12. The monoisotopic (exact) mass is 519 g/mol. The van der Waals surface area contributed by atoms with E-state index in [1.165, 1.54) is 6.33 Å². The summed E-state index contributed by atoms with van der Waals surface area (Å²) in [6, 6.07) is 4.50. The number of benzene rings is 1. The fraction of sp³-hybridized carbons (Fsp3) is 0.476. The lowest BCUT2D eigenvalue weighted by Crippen LogP contribution is -2.49. The van der Waals surface area contributed by atoms with Gasteiger partial charge in [0, 0.05) is 54.7 Å². The quantitative estimate of drug-likeness (QED) is 0.526. The highest BCUT2D eigenvalue weighted by Crippen LogP contribution is 2.43. The molecule has 170 valence electrons. The second-order valence-electron chi connectivity index (χ2n) is 8.19. The third kappa shape index (κ3) is 4.26. The second-order valence-corrected chi connectivity index (χ2v) is 10.0. The summed E-state index contributed by atoms with van der Waals surface area (Å²) in [5, 5.41) is 0.826. The molecule has 2 aliphatic rings. The SMILES string of the molecule is CC(C)N1CCN(CCn2c(Sc3cc4c(cc3Br)OCO4)nc3c(N)ncnc32)CC1. The zero-order valence-corrected chi connectivity index (χ0v) is 20.5. The Balaban J connectivity index is 1.40. The fourth-order valence-electron chi connectivity index (χ4n) is 4.03. The summed E-state index contributed by atoms with van der Waals surface area (Å²) in [5.41, 5.74) is 7.52. The number of nitrogen functional groups attached to an aromatic ring is 1. The van der Waals surface area contributed by atoms with Gasteiger partial charge >= 0.3 is 0 Å². The number of imidazole rings is 1. The summed E-state index contributed by atoms with van der Waals surface area (Å²) in [4.78, 5) is 19.4. The Morgan fingerprint density at radius 3 is 2.59 bits per heavy atom. The molecule has 11 heteroatoms. The van der Waals surface area contributed by atoms with Crippen LogP contribution in [-0.4, -0.2) is 74.9 Å². The van der Waals surface area contributed by atoms with Crippen molar-refractivity contribution in [3.8, 4) is 11.5 Å². The van der Waals surface area contributed by atoms with E-state index in [2.05, 4.69) is 54.1 Å². The van der Waals surface area contributed by atoms with E-state index < -0.39 is 0 Å². The average Bonchev–Trinajstić information content (AvgIpc) is 3.37. The van der Waals surface area contributed by atoms with Crippen molar-refractivity contribution in [2.24, 2.45) is 0 Å². The molecule has 1 fully saturated rings. The predicted molar refractivity (Wildman–Crippen MR) is 127 cm³/mol. The Hall–Kier alpha value is -2.08. The molecule has 2 aromatic heterocycles. The number of aromatic nitrogens is 4. The van der Waals surface area contributed by atoms with Gasteiger partial charge in [0.15, 0.2) is 33.6 Å². The lowest BCUT2D eigenvalue weighted by molar-refractivity contribution is 0.106. The molecule has 2 N–H and O–H groups in total. The number of hydrogen-bond acceptors (Lipinski definition) is 9. The topological polar surface area (TPSA) is 94.6 Å². The van der Waals surface area contributed by atoms with E-state index >= 15 is 0 Å². The highest BCUT2D eigenvalue weighted by Gasteiger charge is 2.22. The number of nitrogens with two attached hydrogens (primary N) is 1. The van der Waals surface area contributed by atoms with Crippen LogP contribution >= 0.6 is 27.7 Å². The third-order valence-electron chi connectivity index (χ3n) is 5.93. The zero-order chi connectivity index (χ0) is 22.2. The molecule has 2 aliphatic heterocycles. The van der Waals surface area contributed by atoms with Gasteiger partial charge < -0.3 is 19.8 Å². The molecule has 0 spiro atoms. The normalized spacial score (nSPS) is 17.0. The molecule has 3 aromatic rings. The van der Waals surface area contributed by atoms with Crippen molar-refractivity contribution in [3.63, 3.8) is 0 Å². The van der Waals surface area contributed by atoms with Crippen LogP contribution in [0, 0.1) is 0 Å². The van der Waals surface area contributed by atoms with Crippen molar-refractivity contribution < 1.29 is 9.47 Å². The summed E-state index contributed by atoms with van der Waals surface area (Å²) in [6.07, 6.45) is 1.50. The van der Waals surface area contributed by atoms with E-state index in [-0.39, 0.29) is 6.79 Å². The number of ether oxygens (including phenoxy) is 2. The molecule has 1 saturated heterocycles. The molecule has 32 heavy (non-hydrogen) atoms. The van der Waals surface area contributed by atoms with E-state index in [4.69, 9.17) is 20.2 Å². The second kappa shape index (κ2) is 9.05. The minimum Gasteiger partial charge on any atom is -0.454 e. The summed E-state index contributed by atoms with van der Waals surface area (Å²) in [7, 11) is 0. The van der Waals surface area contributed by atoms with Crippen molar-refractivity contribution in [3.05, 3.63) is 22.9 Å². The van der Waals surface area contributed by atoms with Crippen LogP contribution in [0.1, 0.15) is 13.8 Å². The lowest BCUT2D eigenvalue weighted by Gasteiger charge is -2.37. The molecule has 1 aromatic carbocycles. The fourth-order valence-corrected chi connectivity index (χ4v) is 5.54. The maximum Gasteiger partial charge on any atom is 0.231 e. The first kappa shape index (κ1) is 21.7. The van der Waals surface area contributed by atoms with E-state index in [1.54, 1.807) is 11.8 Å². The Morgan fingerprint density at radius 2 is 1.84 bits per heavy atom. The Morgan fingerprint density at radius 1 is 1.09 bits per heavy atom. The molecule has 0 unspecified atom stereocenters. The molecule has 0 radical (unpaired) electrons. The standard InChI is InChI=1S/C21H26BrN7O2S/c1-13(2)28-6-3-27(4-7-28)5-8-29-20-18(19(23)24-11-25-20)26-21(29)32-17-10-16-15(9-14(17)22)30-12-31-16/h9-11,13H,3-8,12H2,1-2H3,(H2,23,24,25). The Labute approximate surface area is 199 Å². The van der Waals surface area contributed by atoms with Crippen LogP contribution in [0.15, 0.2) is 33.0 Å². The van der Waals surface area contributed by atoms with Crippen molar-refractivity contribution >= 4 is 44.7 Å². The van der Waals surface area contributed by atoms with Gasteiger partial charge in [0.1, 0.15) is 6.33 Å². The van der Waals surface area contributed by atoms with E-state index in [1.807, 2.05) is 12.1 Å². The smallest absolute Gasteiger partial charge is 0.231 e. The van der Waals surface area contributed by atoms with Gasteiger partial charge in [0.05, 0.1) is 0 Å². The van der Waals surface area contributed by atoms with Crippen LogP contribution < -0.4 is 15.2 Å². The molecule has 0 aliphatic carbocycles. The molecule has 0 bridgehead atoms. The largest absolute Gasteiger partial charge is 0.454 e. The molecule has 5 rings (SSSR count). The van der Waals surface area contributed by atoms with Gasteiger partial charge in [0.2, 0.25) is 6.79 Å².